The average molecular weight is 467 g/mol. The Kier molecular flexibility index (Phi) is 7.18. The lowest BCUT2D eigenvalue weighted by Gasteiger charge is -2.14. The van der Waals surface area contributed by atoms with Gasteiger partial charge in [-0.25, -0.2) is 13.2 Å². The fraction of sp³-hybridized carbons (Fsp3) is 0.200. The summed E-state index contributed by atoms with van der Waals surface area (Å²) in [6.45, 7) is 7.32. The standard InChI is InChI=1S/C25H26N2O5S/c1-5-32-25(29)21-8-6-7-9-22(21)26-24(28)19-11-10-18(4)23(15-19)33(30,31)27-20-13-16(2)12-17(3)14-20/h6-15,27H,5H2,1-4H3,(H,26,28). The van der Waals surface area contributed by atoms with Crippen molar-refractivity contribution in [1.29, 1.82) is 0 Å². The van der Waals surface area contributed by atoms with E-state index in [0.717, 1.165) is 11.1 Å². The molecule has 7 nitrogen and oxygen atoms in total. The summed E-state index contributed by atoms with van der Waals surface area (Å²) in [5.41, 5.74) is 3.43. The number of aryl methyl sites for hydroxylation is 3. The van der Waals surface area contributed by atoms with Crippen molar-refractivity contribution in [3.63, 3.8) is 0 Å². The third-order valence-corrected chi connectivity index (χ3v) is 6.41. The van der Waals surface area contributed by atoms with E-state index in [1.165, 1.54) is 12.1 Å². The normalized spacial score (nSPS) is 11.0. The summed E-state index contributed by atoms with van der Waals surface area (Å²) in [7, 11) is -3.94. The molecular weight excluding hydrogens is 440 g/mol. The van der Waals surface area contributed by atoms with Crippen LogP contribution in [0.4, 0.5) is 11.4 Å². The van der Waals surface area contributed by atoms with Crippen molar-refractivity contribution in [3.8, 4) is 0 Å². The molecule has 33 heavy (non-hydrogen) atoms. The van der Waals surface area contributed by atoms with E-state index in [2.05, 4.69) is 10.0 Å². The molecule has 0 saturated heterocycles. The van der Waals surface area contributed by atoms with Crippen LogP contribution in [0.15, 0.2) is 65.6 Å². The number of hydrogen-bond donors (Lipinski definition) is 2. The monoisotopic (exact) mass is 466 g/mol. The highest BCUT2D eigenvalue weighted by molar-refractivity contribution is 7.92. The van der Waals surface area contributed by atoms with Gasteiger partial charge in [-0.1, -0.05) is 24.3 Å². The van der Waals surface area contributed by atoms with Gasteiger partial charge in [-0.2, -0.15) is 0 Å². The molecular formula is C25H26N2O5S. The first kappa shape index (κ1) is 24.0. The first-order valence-corrected chi connectivity index (χ1v) is 11.9. The minimum atomic E-state index is -3.94. The summed E-state index contributed by atoms with van der Waals surface area (Å²) in [5, 5.41) is 2.67. The molecule has 0 aromatic heterocycles. The lowest BCUT2D eigenvalue weighted by Crippen LogP contribution is -2.18. The summed E-state index contributed by atoms with van der Waals surface area (Å²) in [4.78, 5) is 25.1. The number of benzene rings is 3. The average Bonchev–Trinajstić information content (AvgIpc) is 2.73. The number of hydrogen-bond acceptors (Lipinski definition) is 5. The zero-order valence-corrected chi connectivity index (χ0v) is 19.7. The van der Waals surface area contributed by atoms with Gasteiger partial charge >= 0.3 is 5.97 Å². The molecule has 0 bridgehead atoms. The highest BCUT2D eigenvalue weighted by atomic mass is 32.2. The lowest BCUT2D eigenvalue weighted by molar-refractivity contribution is 0.0527. The number of anilines is 2. The molecule has 172 valence electrons. The van der Waals surface area contributed by atoms with Gasteiger partial charge in [0, 0.05) is 11.3 Å². The molecule has 3 aromatic rings. The van der Waals surface area contributed by atoms with Crippen molar-refractivity contribution in [3.05, 3.63) is 88.5 Å². The van der Waals surface area contributed by atoms with Gasteiger partial charge in [0.15, 0.2) is 0 Å². The number of rotatable bonds is 7. The SMILES string of the molecule is CCOC(=O)c1ccccc1NC(=O)c1ccc(C)c(S(=O)(=O)Nc2cc(C)cc(C)c2)c1. The maximum absolute atomic E-state index is 13.1. The number of carbonyl (C=O) groups excluding carboxylic acids is 2. The van der Waals surface area contributed by atoms with Crippen LogP contribution in [0.5, 0.6) is 0 Å². The molecule has 1 amide bonds. The summed E-state index contributed by atoms with van der Waals surface area (Å²) in [6.07, 6.45) is 0. The predicted octanol–water partition coefficient (Wildman–Crippen LogP) is 4.84. The van der Waals surface area contributed by atoms with Gasteiger partial charge in [0.25, 0.3) is 15.9 Å². The molecule has 0 spiro atoms. The van der Waals surface area contributed by atoms with Crippen molar-refractivity contribution in [2.75, 3.05) is 16.6 Å². The molecule has 0 heterocycles. The Labute approximate surface area is 193 Å². The molecule has 0 saturated carbocycles. The Hall–Kier alpha value is -3.65. The van der Waals surface area contributed by atoms with Crippen LogP contribution in [0, 0.1) is 20.8 Å². The highest BCUT2D eigenvalue weighted by Crippen LogP contribution is 2.24. The van der Waals surface area contributed by atoms with E-state index in [0.29, 0.717) is 11.3 Å². The second kappa shape index (κ2) is 9.87. The number of para-hydroxylation sites is 1. The van der Waals surface area contributed by atoms with E-state index in [-0.39, 0.29) is 28.3 Å². The van der Waals surface area contributed by atoms with Gasteiger partial charge in [0.1, 0.15) is 0 Å². The van der Waals surface area contributed by atoms with Crippen molar-refractivity contribution < 1.29 is 22.7 Å². The smallest absolute Gasteiger partial charge is 0.340 e. The second-order valence-corrected chi connectivity index (χ2v) is 9.33. The topological polar surface area (TPSA) is 102 Å². The fourth-order valence-corrected chi connectivity index (χ4v) is 4.76. The number of esters is 1. The molecule has 0 unspecified atom stereocenters. The Morgan fingerprint density at radius 2 is 1.58 bits per heavy atom. The van der Waals surface area contributed by atoms with Crippen LogP contribution in [0.3, 0.4) is 0 Å². The van der Waals surface area contributed by atoms with Crippen LogP contribution >= 0.6 is 0 Å². The molecule has 0 aliphatic rings. The largest absolute Gasteiger partial charge is 0.462 e. The van der Waals surface area contributed by atoms with Crippen molar-refractivity contribution in [2.24, 2.45) is 0 Å². The minimum Gasteiger partial charge on any atom is -0.462 e. The van der Waals surface area contributed by atoms with Gasteiger partial charge in [-0.3, -0.25) is 9.52 Å². The van der Waals surface area contributed by atoms with Crippen molar-refractivity contribution >= 4 is 33.3 Å². The number of sulfonamides is 1. The Morgan fingerprint density at radius 1 is 0.909 bits per heavy atom. The summed E-state index contributed by atoms with van der Waals surface area (Å²) in [5.74, 6) is -1.10. The maximum Gasteiger partial charge on any atom is 0.340 e. The molecule has 0 radical (unpaired) electrons. The van der Waals surface area contributed by atoms with Gasteiger partial charge in [-0.05, 0) is 80.8 Å². The Bertz CT molecular complexity index is 1300. The van der Waals surface area contributed by atoms with Crippen molar-refractivity contribution in [1.82, 2.24) is 0 Å². The summed E-state index contributed by atoms with van der Waals surface area (Å²) < 4.78 is 33.8. The van der Waals surface area contributed by atoms with Gasteiger partial charge < -0.3 is 10.1 Å². The number of nitrogens with one attached hydrogen (secondary N) is 2. The first-order chi connectivity index (χ1) is 15.6. The highest BCUT2D eigenvalue weighted by Gasteiger charge is 2.21. The van der Waals surface area contributed by atoms with E-state index < -0.39 is 21.9 Å². The second-order valence-electron chi connectivity index (χ2n) is 7.68. The van der Waals surface area contributed by atoms with Gasteiger partial charge in [0.05, 0.1) is 22.8 Å². The van der Waals surface area contributed by atoms with Crippen LogP contribution in [-0.2, 0) is 14.8 Å². The fourth-order valence-electron chi connectivity index (χ4n) is 3.45. The third-order valence-electron chi connectivity index (χ3n) is 4.88. The summed E-state index contributed by atoms with van der Waals surface area (Å²) >= 11 is 0. The quantitative estimate of drug-likeness (QED) is 0.485. The first-order valence-electron chi connectivity index (χ1n) is 10.4. The number of amides is 1. The van der Waals surface area contributed by atoms with Crippen LogP contribution in [0.25, 0.3) is 0 Å². The van der Waals surface area contributed by atoms with Crippen LogP contribution in [0.1, 0.15) is 44.3 Å². The molecule has 0 atom stereocenters. The summed E-state index contributed by atoms with van der Waals surface area (Å²) in [6, 6.07) is 16.3. The van der Waals surface area contributed by atoms with E-state index >= 15 is 0 Å². The molecule has 3 rings (SSSR count). The van der Waals surface area contributed by atoms with E-state index in [1.54, 1.807) is 56.3 Å². The molecule has 2 N–H and O–H groups in total. The van der Waals surface area contributed by atoms with Gasteiger partial charge in [-0.15, -0.1) is 0 Å². The Morgan fingerprint density at radius 3 is 2.24 bits per heavy atom. The third kappa shape index (κ3) is 5.78. The Balaban J connectivity index is 1.90. The molecule has 8 heteroatoms. The number of ether oxygens (including phenoxy) is 1. The number of carbonyl (C=O) groups is 2. The van der Waals surface area contributed by atoms with Gasteiger partial charge in [0.2, 0.25) is 0 Å². The zero-order chi connectivity index (χ0) is 24.2. The van der Waals surface area contributed by atoms with E-state index in [9.17, 15) is 18.0 Å². The maximum atomic E-state index is 13.1. The minimum absolute atomic E-state index is 0.00649. The van der Waals surface area contributed by atoms with E-state index in [1.807, 2.05) is 19.9 Å². The molecule has 3 aromatic carbocycles. The molecule has 0 aliphatic heterocycles. The molecule has 0 aliphatic carbocycles. The lowest BCUT2D eigenvalue weighted by atomic mass is 10.1. The van der Waals surface area contributed by atoms with E-state index in [4.69, 9.17) is 4.74 Å². The zero-order valence-electron chi connectivity index (χ0n) is 18.9. The van der Waals surface area contributed by atoms with Crippen LogP contribution < -0.4 is 10.0 Å². The van der Waals surface area contributed by atoms with Crippen molar-refractivity contribution in [2.45, 2.75) is 32.6 Å². The van der Waals surface area contributed by atoms with Crippen LogP contribution in [-0.4, -0.2) is 26.9 Å². The van der Waals surface area contributed by atoms with Crippen LogP contribution in [0.2, 0.25) is 0 Å². The predicted molar refractivity (Wildman–Crippen MR) is 128 cm³/mol. The molecule has 0 fully saturated rings.